The van der Waals surface area contributed by atoms with Gasteiger partial charge in [0.15, 0.2) is 0 Å². The first-order valence-electron chi connectivity index (χ1n) is 8.61. The first-order valence-corrected chi connectivity index (χ1v) is 8.61. The van der Waals surface area contributed by atoms with E-state index in [1.807, 2.05) is 0 Å². The minimum Gasteiger partial charge on any atom is -0.346 e. The van der Waals surface area contributed by atoms with Crippen molar-refractivity contribution in [1.29, 1.82) is 0 Å². The monoisotopic (exact) mass is 367 g/mol. The number of nitrogens with zero attached hydrogens (tertiary/aromatic N) is 1. The minimum absolute atomic E-state index is 0.215. The van der Waals surface area contributed by atoms with E-state index in [9.17, 15) is 14.0 Å². The van der Waals surface area contributed by atoms with Gasteiger partial charge in [0, 0.05) is 29.6 Å². The third-order valence-corrected chi connectivity index (χ3v) is 4.66. The summed E-state index contributed by atoms with van der Waals surface area (Å²) in [6.07, 6.45) is 1.66. The number of H-pyrrole nitrogens is 1. The van der Waals surface area contributed by atoms with Gasteiger partial charge >= 0.3 is 0 Å². The second-order valence-corrected chi connectivity index (χ2v) is 6.50. The van der Waals surface area contributed by atoms with Crippen LogP contribution in [-0.4, -0.2) is 47.2 Å². The lowest BCUT2D eigenvalue weighted by Crippen LogP contribution is -2.51. The van der Waals surface area contributed by atoms with E-state index in [1.165, 1.54) is 24.3 Å². The van der Waals surface area contributed by atoms with Crippen molar-refractivity contribution in [3.63, 3.8) is 0 Å². The third kappa shape index (κ3) is 3.65. The highest BCUT2D eigenvalue weighted by atomic mass is 19.1. The van der Waals surface area contributed by atoms with Crippen molar-refractivity contribution in [2.24, 2.45) is 0 Å². The summed E-state index contributed by atoms with van der Waals surface area (Å²) in [4.78, 5) is 24.9. The maximum absolute atomic E-state index is 13.0. The number of hydrogen-bond acceptors (Lipinski definition) is 4. The van der Waals surface area contributed by atoms with Gasteiger partial charge in [0.25, 0.3) is 11.8 Å². The highest BCUT2D eigenvalue weighted by molar-refractivity contribution is 5.98. The quantitative estimate of drug-likeness (QED) is 0.557. The molecule has 138 valence electrons. The summed E-state index contributed by atoms with van der Waals surface area (Å²) in [6.45, 7) is 1.09. The van der Waals surface area contributed by atoms with Gasteiger partial charge in [-0.05, 0) is 42.5 Å². The minimum atomic E-state index is -0.395. The van der Waals surface area contributed by atoms with Crippen LogP contribution in [0.2, 0.25) is 0 Å². The summed E-state index contributed by atoms with van der Waals surface area (Å²) >= 11 is 0. The van der Waals surface area contributed by atoms with Crippen molar-refractivity contribution < 1.29 is 14.0 Å². The molecule has 4 rings (SSSR count). The molecule has 3 aromatic rings. The Morgan fingerprint density at radius 3 is 2.30 bits per heavy atom. The summed E-state index contributed by atoms with van der Waals surface area (Å²) in [7, 11) is 0. The molecule has 8 heteroatoms. The molecule has 1 saturated heterocycles. The number of aromatic nitrogens is 2. The van der Waals surface area contributed by atoms with E-state index in [-0.39, 0.29) is 23.9 Å². The molecule has 2 aromatic carbocycles. The molecule has 1 aromatic heterocycles. The predicted octanol–water partition coefficient (Wildman–Crippen LogP) is 1.20. The van der Waals surface area contributed by atoms with Crippen molar-refractivity contribution >= 4 is 22.7 Å². The molecule has 0 bridgehead atoms. The molecule has 0 saturated carbocycles. The number of nitrogens with one attached hydrogen (secondary N) is 4. The number of hydrogen-bond donors (Lipinski definition) is 4. The van der Waals surface area contributed by atoms with Gasteiger partial charge in [-0.2, -0.15) is 5.10 Å². The van der Waals surface area contributed by atoms with E-state index in [0.29, 0.717) is 24.2 Å². The van der Waals surface area contributed by atoms with Gasteiger partial charge < -0.3 is 16.0 Å². The Morgan fingerprint density at radius 1 is 0.963 bits per heavy atom. The number of fused-ring (bicyclic) bond motifs is 1. The van der Waals surface area contributed by atoms with Crippen LogP contribution in [0.5, 0.6) is 0 Å². The molecule has 7 nitrogen and oxygen atoms in total. The van der Waals surface area contributed by atoms with Crippen LogP contribution >= 0.6 is 0 Å². The maximum atomic E-state index is 13.0. The van der Waals surface area contributed by atoms with Crippen LogP contribution in [0, 0.1) is 5.82 Å². The van der Waals surface area contributed by atoms with Crippen molar-refractivity contribution in [3.05, 3.63) is 65.6 Å². The number of rotatable bonds is 4. The zero-order valence-electron chi connectivity index (χ0n) is 14.3. The summed E-state index contributed by atoms with van der Waals surface area (Å²) in [6, 6.07) is 10.1. The van der Waals surface area contributed by atoms with Crippen LogP contribution in [0.25, 0.3) is 10.9 Å². The highest BCUT2D eigenvalue weighted by Crippen LogP contribution is 2.13. The molecule has 2 amide bonds. The largest absolute Gasteiger partial charge is 0.346 e. The fourth-order valence-electron chi connectivity index (χ4n) is 3.17. The Balaban J connectivity index is 1.42. The Labute approximate surface area is 154 Å². The Bertz CT molecular complexity index is 985. The average molecular weight is 367 g/mol. The van der Waals surface area contributed by atoms with Gasteiger partial charge in [-0.25, -0.2) is 4.39 Å². The standard InChI is InChI=1S/C19H18FN5O2/c20-14-4-1-11(2-5-14)18(26)23-16-9-21-10-17(16)24-19(27)12-3-6-15-13(7-12)8-22-25-15/h1-8,16-17,21H,9-10H2,(H,22,25)(H,23,26)(H,24,27)/t16-,17-/m1/s1. The van der Waals surface area contributed by atoms with Crippen LogP contribution in [0.4, 0.5) is 4.39 Å². The molecule has 0 unspecified atom stereocenters. The summed E-state index contributed by atoms with van der Waals surface area (Å²) in [5.41, 5.74) is 1.76. The SMILES string of the molecule is O=C(N[C@@H]1CNC[C@H]1NC(=O)c1ccc2[nH]ncc2c1)c1ccc(F)cc1. The molecule has 1 fully saturated rings. The van der Waals surface area contributed by atoms with Crippen LogP contribution in [-0.2, 0) is 0 Å². The van der Waals surface area contributed by atoms with Gasteiger partial charge in [-0.3, -0.25) is 14.7 Å². The lowest BCUT2D eigenvalue weighted by molar-refractivity contribution is 0.0896. The van der Waals surface area contributed by atoms with E-state index < -0.39 is 5.82 Å². The van der Waals surface area contributed by atoms with Crippen LogP contribution in [0.1, 0.15) is 20.7 Å². The van der Waals surface area contributed by atoms with E-state index in [0.717, 1.165) is 10.9 Å². The summed E-state index contributed by atoms with van der Waals surface area (Å²) in [5.74, 6) is -0.913. The van der Waals surface area contributed by atoms with E-state index in [1.54, 1.807) is 24.4 Å². The third-order valence-electron chi connectivity index (χ3n) is 4.66. The van der Waals surface area contributed by atoms with Gasteiger partial charge in [0.05, 0.1) is 23.8 Å². The first kappa shape index (κ1) is 17.2. The van der Waals surface area contributed by atoms with Gasteiger partial charge in [-0.15, -0.1) is 0 Å². The smallest absolute Gasteiger partial charge is 0.251 e. The predicted molar refractivity (Wildman–Crippen MR) is 97.9 cm³/mol. The van der Waals surface area contributed by atoms with Crippen molar-refractivity contribution in [2.75, 3.05) is 13.1 Å². The molecule has 0 aliphatic carbocycles. The molecule has 1 aliphatic rings. The second-order valence-electron chi connectivity index (χ2n) is 6.50. The zero-order valence-corrected chi connectivity index (χ0v) is 14.3. The van der Waals surface area contributed by atoms with Crippen LogP contribution < -0.4 is 16.0 Å². The summed E-state index contributed by atoms with van der Waals surface area (Å²) < 4.78 is 13.0. The number of aromatic amines is 1. The van der Waals surface area contributed by atoms with Crippen LogP contribution in [0.3, 0.4) is 0 Å². The molecule has 4 N–H and O–H groups in total. The Morgan fingerprint density at radius 2 is 1.59 bits per heavy atom. The molecule has 0 spiro atoms. The van der Waals surface area contributed by atoms with Gasteiger partial charge in [-0.1, -0.05) is 0 Å². The maximum Gasteiger partial charge on any atom is 0.251 e. The highest BCUT2D eigenvalue weighted by Gasteiger charge is 2.30. The molecule has 27 heavy (non-hydrogen) atoms. The molecule has 1 aliphatic heterocycles. The number of halogens is 1. The van der Waals surface area contributed by atoms with E-state index in [2.05, 4.69) is 26.1 Å². The van der Waals surface area contributed by atoms with Crippen molar-refractivity contribution in [1.82, 2.24) is 26.1 Å². The Hall–Kier alpha value is -3.26. The van der Waals surface area contributed by atoms with Crippen LogP contribution in [0.15, 0.2) is 48.7 Å². The molecule has 0 radical (unpaired) electrons. The molecular formula is C19H18FN5O2. The summed E-state index contributed by atoms with van der Waals surface area (Å²) in [5, 5.41) is 16.7. The van der Waals surface area contributed by atoms with E-state index >= 15 is 0 Å². The fourth-order valence-corrected chi connectivity index (χ4v) is 3.17. The number of carbonyl (C=O) groups is 2. The average Bonchev–Trinajstić information content (AvgIpc) is 3.31. The zero-order chi connectivity index (χ0) is 18.8. The van der Waals surface area contributed by atoms with Gasteiger partial charge in [0.1, 0.15) is 5.82 Å². The normalized spacial score (nSPS) is 19.1. The second kappa shape index (κ2) is 7.16. The lowest BCUT2D eigenvalue weighted by Gasteiger charge is -2.21. The fraction of sp³-hybridized carbons (Fsp3) is 0.211. The lowest BCUT2D eigenvalue weighted by atomic mass is 10.1. The van der Waals surface area contributed by atoms with Crippen molar-refractivity contribution in [2.45, 2.75) is 12.1 Å². The van der Waals surface area contributed by atoms with E-state index in [4.69, 9.17) is 0 Å². The number of carbonyl (C=O) groups excluding carboxylic acids is 2. The molecule has 2 heterocycles. The number of amides is 2. The topological polar surface area (TPSA) is 98.9 Å². The Kier molecular flexibility index (Phi) is 4.55. The molecular weight excluding hydrogens is 349 g/mol. The molecule has 2 atom stereocenters. The van der Waals surface area contributed by atoms with Gasteiger partial charge in [0.2, 0.25) is 0 Å². The van der Waals surface area contributed by atoms with Crippen molar-refractivity contribution in [3.8, 4) is 0 Å². The number of benzene rings is 2. The first-order chi connectivity index (χ1) is 13.1.